The molecule has 0 radical (unpaired) electrons. The van der Waals surface area contributed by atoms with E-state index >= 15 is 0 Å². The summed E-state index contributed by atoms with van der Waals surface area (Å²) in [6.07, 6.45) is 5.99. The minimum absolute atomic E-state index is 0.149. The molecule has 0 aliphatic heterocycles. The highest BCUT2D eigenvalue weighted by Crippen LogP contribution is 2.49. The number of ether oxygens (including phenoxy) is 1. The number of anilines is 1. The summed E-state index contributed by atoms with van der Waals surface area (Å²) in [5, 5.41) is 3.03. The number of rotatable bonds is 6. The summed E-state index contributed by atoms with van der Waals surface area (Å²) in [7, 11) is 0. The van der Waals surface area contributed by atoms with E-state index in [9.17, 15) is 4.79 Å². The van der Waals surface area contributed by atoms with Gasteiger partial charge in [-0.25, -0.2) is 0 Å². The Balaban J connectivity index is 1.26. The lowest BCUT2D eigenvalue weighted by atomic mass is 9.86. The third-order valence-electron chi connectivity index (χ3n) is 5.72. The Hall–Kier alpha value is -2.29. The number of fused-ring (bicyclic) bond motifs is 2. The monoisotopic (exact) mass is 335 g/mol. The summed E-state index contributed by atoms with van der Waals surface area (Å²) >= 11 is 0. The molecule has 0 aromatic heterocycles. The smallest absolute Gasteiger partial charge is 0.224 e. The van der Waals surface area contributed by atoms with Crippen molar-refractivity contribution in [2.24, 2.45) is 17.8 Å². The maximum Gasteiger partial charge on any atom is 0.224 e. The van der Waals surface area contributed by atoms with E-state index in [-0.39, 0.29) is 5.91 Å². The molecule has 2 fully saturated rings. The van der Waals surface area contributed by atoms with E-state index in [0.717, 1.165) is 28.8 Å². The topological polar surface area (TPSA) is 38.3 Å². The van der Waals surface area contributed by atoms with E-state index in [1.165, 1.54) is 25.7 Å². The predicted octanol–water partition coefficient (Wildman–Crippen LogP) is 5.03. The van der Waals surface area contributed by atoms with Gasteiger partial charge >= 0.3 is 0 Å². The lowest BCUT2D eigenvalue weighted by Crippen LogP contribution is -2.20. The molecule has 3 nitrogen and oxygen atoms in total. The minimum Gasteiger partial charge on any atom is -0.489 e. The molecule has 3 heteroatoms. The van der Waals surface area contributed by atoms with E-state index in [2.05, 4.69) is 5.32 Å². The average molecular weight is 335 g/mol. The van der Waals surface area contributed by atoms with Gasteiger partial charge in [0.25, 0.3) is 0 Å². The first-order chi connectivity index (χ1) is 12.3. The molecule has 2 saturated carbocycles. The second-order valence-corrected chi connectivity index (χ2v) is 7.49. The van der Waals surface area contributed by atoms with E-state index in [1.807, 2.05) is 54.6 Å². The van der Waals surface area contributed by atoms with E-state index in [4.69, 9.17) is 4.74 Å². The first-order valence-electron chi connectivity index (χ1n) is 9.33. The molecule has 1 amide bonds. The van der Waals surface area contributed by atoms with E-state index < -0.39 is 0 Å². The summed E-state index contributed by atoms with van der Waals surface area (Å²) in [6, 6.07) is 17.8. The standard InChI is InChI=1S/C22H25NO2/c24-22(14-19-13-17-6-7-18(19)12-17)23-20-8-10-21(11-9-20)25-15-16-4-2-1-3-5-16/h1-5,8-11,17-19H,6-7,12-15H2,(H,23,24)/t17-,18-,19+/m1/s1. The Labute approximate surface area is 149 Å². The molecule has 0 heterocycles. The summed E-state index contributed by atoms with van der Waals surface area (Å²) in [4.78, 5) is 12.3. The largest absolute Gasteiger partial charge is 0.489 e. The molecule has 25 heavy (non-hydrogen) atoms. The fraction of sp³-hybridized carbons (Fsp3) is 0.409. The Morgan fingerprint density at radius 3 is 2.48 bits per heavy atom. The van der Waals surface area contributed by atoms with Crippen molar-refractivity contribution in [1.82, 2.24) is 0 Å². The molecule has 2 aliphatic carbocycles. The second kappa shape index (κ2) is 7.30. The Kier molecular flexibility index (Phi) is 4.73. The van der Waals surface area contributed by atoms with Crippen LogP contribution in [0.4, 0.5) is 5.69 Å². The predicted molar refractivity (Wildman–Crippen MR) is 99.4 cm³/mol. The van der Waals surface area contributed by atoms with Gasteiger partial charge in [0.2, 0.25) is 5.91 Å². The zero-order valence-electron chi connectivity index (χ0n) is 14.5. The third-order valence-corrected chi connectivity index (χ3v) is 5.72. The molecule has 0 saturated heterocycles. The first kappa shape index (κ1) is 16.2. The molecule has 0 unspecified atom stereocenters. The van der Waals surface area contributed by atoms with Crippen LogP contribution in [0.5, 0.6) is 5.75 Å². The first-order valence-corrected chi connectivity index (χ1v) is 9.33. The van der Waals surface area contributed by atoms with Crippen LogP contribution in [0.15, 0.2) is 54.6 Å². The normalized spacial score (nSPS) is 24.2. The van der Waals surface area contributed by atoms with Crippen LogP contribution in [-0.4, -0.2) is 5.91 Å². The second-order valence-electron chi connectivity index (χ2n) is 7.49. The van der Waals surface area contributed by atoms with Gasteiger partial charge in [0.15, 0.2) is 0 Å². The van der Waals surface area contributed by atoms with Gasteiger partial charge < -0.3 is 10.1 Å². The van der Waals surface area contributed by atoms with Crippen molar-refractivity contribution >= 4 is 11.6 Å². The molecule has 0 spiro atoms. The van der Waals surface area contributed by atoms with Crippen LogP contribution in [0.2, 0.25) is 0 Å². The lowest BCUT2D eigenvalue weighted by Gasteiger charge is -2.20. The van der Waals surface area contributed by atoms with Crippen molar-refractivity contribution in [3.05, 3.63) is 60.2 Å². The number of hydrogen-bond donors (Lipinski definition) is 1. The highest BCUT2D eigenvalue weighted by atomic mass is 16.5. The molecular weight excluding hydrogens is 310 g/mol. The van der Waals surface area contributed by atoms with E-state index in [0.29, 0.717) is 18.9 Å². The van der Waals surface area contributed by atoms with Gasteiger partial charge in [-0.3, -0.25) is 4.79 Å². The fourth-order valence-corrected chi connectivity index (χ4v) is 4.45. The van der Waals surface area contributed by atoms with Gasteiger partial charge in [-0.05, 0) is 66.8 Å². The van der Waals surface area contributed by atoms with Crippen molar-refractivity contribution < 1.29 is 9.53 Å². The van der Waals surface area contributed by atoms with Crippen LogP contribution in [-0.2, 0) is 11.4 Å². The van der Waals surface area contributed by atoms with Gasteiger partial charge in [0.1, 0.15) is 12.4 Å². The van der Waals surface area contributed by atoms with Crippen LogP contribution < -0.4 is 10.1 Å². The third kappa shape index (κ3) is 4.04. The Bertz CT molecular complexity index is 711. The molecule has 1 N–H and O–H groups in total. The minimum atomic E-state index is 0.149. The lowest BCUT2D eigenvalue weighted by molar-refractivity contribution is -0.117. The molecule has 3 atom stereocenters. The summed E-state index contributed by atoms with van der Waals surface area (Å²) < 4.78 is 5.78. The molecule has 2 bridgehead atoms. The number of hydrogen-bond acceptors (Lipinski definition) is 2. The summed E-state index contributed by atoms with van der Waals surface area (Å²) in [5.41, 5.74) is 1.99. The molecule has 4 rings (SSSR count). The molecule has 2 aromatic carbocycles. The zero-order valence-corrected chi connectivity index (χ0v) is 14.5. The molecule has 130 valence electrons. The van der Waals surface area contributed by atoms with Gasteiger partial charge in [-0.1, -0.05) is 36.8 Å². The number of carbonyl (C=O) groups excluding carboxylic acids is 1. The van der Waals surface area contributed by atoms with Crippen LogP contribution in [0.25, 0.3) is 0 Å². The average Bonchev–Trinajstić information content (AvgIpc) is 3.25. The van der Waals surface area contributed by atoms with Gasteiger partial charge in [-0.15, -0.1) is 0 Å². The van der Waals surface area contributed by atoms with Crippen LogP contribution in [0, 0.1) is 17.8 Å². The quantitative estimate of drug-likeness (QED) is 0.804. The van der Waals surface area contributed by atoms with Gasteiger partial charge in [0, 0.05) is 12.1 Å². The molecule has 2 aromatic rings. The van der Waals surface area contributed by atoms with Crippen LogP contribution in [0.1, 0.15) is 37.7 Å². The Morgan fingerprint density at radius 1 is 1.00 bits per heavy atom. The van der Waals surface area contributed by atoms with Crippen molar-refractivity contribution in [2.75, 3.05) is 5.32 Å². The summed E-state index contributed by atoms with van der Waals surface area (Å²) in [5.74, 6) is 3.26. The molecule has 2 aliphatic rings. The maximum absolute atomic E-state index is 12.3. The summed E-state index contributed by atoms with van der Waals surface area (Å²) in [6.45, 7) is 0.552. The number of amides is 1. The van der Waals surface area contributed by atoms with Crippen LogP contribution >= 0.6 is 0 Å². The zero-order chi connectivity index (χ0) is 17.1. The van der Waals surface area contributed by atoms with Crippen molar-refractivity contribution in [2.45, 2.75) is 38.7 Å². The fourth-order valence-electron chi connectivity index (χ4n) is 4.45. The Morgan fingerprint density at radius 2 is 1.80 bits per heavy atom. The van der Waals surface area contributed by atoms with Crippen LogP contribution in [0.3, 0.4) is 0 Å². The van der Waals surface area contributed by atoms with Crippen molar-refractivity contribution in [3.63, 3.8) is 0 Å². The van der Waals surface area contributed by atoms with Crippen molar-refractivity contribution in [3.8, 4) is 5.75 Å². The SMILES string of the molecule is O=C(C[C@@H]1C[C@@H]2CC[C@@H]1C2)Nc1ccc(OCc2ccccc2)cc1. The highest BCUT2D eigenvalue weighted by Gasteiger charge is 2.40. The molecular formula is C22H25NO2. The van der Waals surface area contributed by atoms with Gasteiger partial charge in [-0.2, -0.15) is 0 Å². The highest BCUT2D eigenvalue weighted by molar-refractivity contribution is 5.90. The maximum atomic E-state index is 12.3. The van der Waals surface area contributed by atoms with E-state index in [1.54, 1.807) is 0 Å². The number of nitrogens with one attached hydrogen (secondary N) is 1. The van der Waals surface area contributed by atoms with Gasteiger partial charge in [0.05, 0.1) is 0 Å². The van der Waals surface area contributed by atoms with Crippen molar-refractivity contribution in [1.29, 1.82) is 0 Å². The number of benzene rings is 2. The number of carbonyl (C=O) groups is 1.